The molecule has 0 bridgehead atoms. The molecule has 1 aromatic carbocycles. The van der Waals surface area contributed by atoms with Gasteiger partial charge in [0, 0.05) is 26.2 Å². The summed E-state index contributed by atoms with van der Waals surface area (Å²) in [6, 6.07) is 5.31. The van der Waals surface area contributed by atoms with Crippen molar-refractivity contribution in [1.29, 1.82) is 0 Å². The maximum Gasteiger partial charge on any atom is 0.246 e. The zero-order valence-electron chi connectivity index (χ0n) is 13.0. The molecule has 1 heterocycles. The summed E-state index contributed by atoms with van der Waals surface area (Å²) < 4.78 is 14.1. The quantitative estimate of drug-likeness (QED) is 0.782. The highest BCUT2D eigenvalue weighted by Gasteiger charge is 2.23. The fraction of sp³-hybridized carbons (Fsp3) is 0.471. The SMILES string of the molecule is C=CC(=O)N1CCN(c2cc(C(C)(C)C)ccc2F)CC1. The lowest BCUT2D eigenvalue weighted by Crippen LogP contribution is -2.48. The van der Waals surface area contributed by atoms with Crippen LogP contribution >= 0.6 is 0 Å². The van der Waals surface area contributed by atoms with E-state index in [1.807, 2.05) is 17.0 Å². The molecule has 4 heteroatoms. The fourth-order valence-electron chi connectivity index (χ4n) is 2.52. The third-order valence-electron chi connectivity index (χ3n) is 3.92. The molecule has 1 aliphatic rings. The van der Waals surface area contributed by atoms with Gasteiger partial charge in [-0.3, -0.25) is 4.79 Å². The molecule has 0 unspecified atom stereocenters. The monoisotopic (exact) mass is 290 g/mol. The second kappa shape index (κ2) is 5.88. The van der Waals surface area contributed by atoms with Crippen LogP contribution in [0, 0.1) is 5.82 Å². The summed E-state index contributed by atoms with van der Waals surface area (Å²) in [6.45, 7) is 12.3. The minimum Gasteiger partial charge on any atom is -0.366 e. The van der Waals surface area contributed by atoms with E-state index in [-0.39, 0.29) is 17.1 Å². The Morgan fingerprint density at radius 1 is 1.24 bits per heavy atom. The number of amides is 1. The van der Waals surface area contributed by atoms with Gasteiger partial charge in [-0.05, 0) is 29.2 Å². The molecule has 1 amide bonds. The Hall–Kier alpha value is -1.84. The summed E-state index contributed by atoms with van der Waals surface area (Å²) in [6.07, 6.45) is 1.33. The van der Waals surface area contributed by atoms with Crippen LogP contribution in [0.1, 0.15) is 26.3 Å². The number of rotatable bonds is 2. The van der Waals surface area contributed by atoms with Crippen molar-refractivity contribution < 1.29 is 9.18 Å². The predicted molar refractivity (Wildman–Crippen MR) is 84.1 cm³/mol. The minimum atomic E-state index is -0.202. The number of anilines is 1. The van der Waals surface area contributed by atoms with Crippen molar-refractivity contribution in [2.75, 3.05) is 31.1 Å². The first-order valence-electron chi connectivity index (χ1n) is 7.29. The molecule has 2 rings (SSSR count). The Balaban J connectivity index is 2.16. The molecule has 1 aliphatic heterocycles. The lowest BCUT2D eigenvalue weighted by molar-refractivity contribution is -0.126. The summed E-state index contributed by atoms with van der Waals surface area (Å²) in [7, 11) is 0. The number of halogens is 1. The summed E-state index contributed by atoms with van der Waals surface area (Å²) in [4.78, 5) is 15.3. The molecule has 0 aromatic heterocycles. The van der Waals surface area contributed by atoms with Crippen molar-refractivity contribution in [3.63, 3.8) is 0 Å². The van der Waals surface area contributed by atoms with E-state index >= 15 is 0 Å². The van der Waals surface area contributed by atoms with Gasteiger partial charge in [-0.15, -0.1) is 0 Å². The largest absolute Gasteiger partial charge is 0.366 e. The van der Waals surface area contributed by atoms with E-state index in [0.717, 1.165) is 5.56 Å². The smallest absolute Gasteiger partial charge is 0.246 e. The summed E-state index contributed by atoms with van der Waals surface area (Å²) in [5.74, 6) is -0.259. The van der Waals surface area contributed by atoms with Crippen molar-refractivity contribution >= 4 is 11.6 Å². The molecule has 0 N–H and O–H groups in total. The van der Waals surface area contributed by atoms with E-state index in [1.165, 1.54) is 12.1 Å². The van der Waals surface area contributed by atoms with Gasteiger partial charge in [-0.2, -0.15) is 0 Å². The van der Waals surface area contributed by atoms with Crippen molar-refractivity contribution in [2.24, 2.45) is 0 Å². The lowest BCUT2D eigenvalue weighted by atomic mass is 9.86. The predicted octanol–water partition coefficient (Wildman–Crippen LogP) is 2.96. The Morgan fingerprint density at radius 3 is 2.38 bits per heavy atom. The van der Waals surface area contributed by atoms with Crippen molar-refractivity contribution in [3.05, 3.63) is 42.2 Å². The van der Waals surface area contributed by atoms with Crippen LogP contribution in [0.25, 0.3) is 0 Å². The highest BCUT2D eigenvalue weighted by atomic mass is 19.1. The number of piperazine rings is 1. The maximum atomic E-state index is 14.1. The zero-order chi connectivity index (χ0) is 15.6. The Kier molecular flexibility index (Phi) is 4.35. The summed E-state index contributed by atoms with van der Waals surface area (Å²) in [5.41, 5.74) is 1.74. The third kappa shape index (κ3) is 3.43. The Morgan fingerprint density at radius 2 is 1.86 bits per heavy atom. The van der Waals surface area contributed by atoms with Gasteiger partial charge in [0.1, 0.15) is 5.82 Å². The molecule has 0 radical (unpaired) electrons. The number of hydrogen-bond acceptors (Lipinski definition) is 2. The van der Waals surface area contributed by atoms with Gasteiger partial charge in [0.05, 0.1) is 5.69 Å². The van der Waals surface area contributed by atoms with Gasteiger partial charge in [0.15, 0.2) is 0 Å². The average Bonchev–Trinajstić information content (AvgIpc) is 2.46. The van der Waals surface area contributed by atoms with Crippen LogP contribution in [0.15, 0.2) is 30.9 Å². The molecule has 114 valence electrons. The van der Waals surface area contributed by atoms with Crippen molar-refractivity contribution in [3.8, 4) is 0 Å². The molecule has 0 spiro atoms. The van der Waals surface area contributed by atoms with Crippen LogP contribution in [0.2, 0.25) is 0 Å². The van der Waals surface area contributed by atoms with Gasteiger partial charge in [-0.1, -0.05) is 33.4 Å². The van der Waals surface area contributed by atoms with Crippen LogP contribution in [0.5, 0.6) is 0 Å². The molecule has 1 fully saturated rings. The number of hydrogen-bond donors (Lipinski definition) is 0. The lowest BCUT2D eigenvalue weighted by Gasteiger charge is -2.36. The standard InChI is InChI=1S/C17H23FN2O/c1-5-16(21)20-10-8-19(9-11-20)15-12-13(17(2,3)4)6-7-14(15)18/h5-7,12H,1,8-11H2,2-4H3. The van der Waals surface area contributed by atoms with Gasteiger partial charge >= 0.3 is 0 Å². The molecule has 0 atom stereocenters. The first-order valence-corrected chi connectivity index (χ1v) is 7.29. The van der Waals surface area contributed by atoms with E-state index < -0.39 is 0 Å². The van der Waals surface area contributed by atoms with E-state index in [1.54, 1.807) is 4.90 Å². The van der Waals surface area contributed by atoms with Crippen molar-refractivity contribution in [2.45, 2.75) is 26.2 Å². The molecule has 0 saturated carbocycles. The van der Waals surface area contributed by atoms with Gasteiger partial charge in [0.2, 0.25) is 5.91 Å². The number of carbonyl (C=O) groups excluding carboxylic acids is 1. The van der Waals surface area contributed by atoms with E-state index in [4.69, 9.17) is 0 Å². The molecule has 1 saturated heterocycles. The molecule has 1 aromatic rings. The molecular weight excluding hydrogens is 267 g/mol. The van der Waals surface area contributed by atoms with Crippen molar-refractivity contribution in [1.82, 2.24) is 4.90 Å². The van der Waals surface area contributed by atoms with Crippen LogP contribution in [-0.4, -0.2) is 37.0 Å². The van der Waals surface area contributed by atoms with E-state index in [0.29, 0.717) is 31.9 Å². The van der Waals surface area contributed by atoms with Crippen LogP contribution < -0.4 is 4.90 Å². The molecule has 0 aliphatic carbocycles. The van der Waals surface area contributed by atoms with Gasteiger partial charge < -0.3 is 9.80 Å². The first kappa shape index (κ1) is 15.5. The number of nitrogens with zero attached hydrogens (tertiary/aromatic N) is 2. The minimum absolute atomic E-state index is 0.0108. The Bertz CT molecular complexity index is 540. The highest BCUT2D eigenvalue weighted by Crippen LogP contribution is 2.29. The normalized spacial score (nSPS) is 16.0. The maximum absolute atomic E-state index is 14.1. The summed E-state index contributed by atoms with van der Waals surface area (Å²) >= 11 is 0. The molecule has 3 nitrogen and oxygen atoms in total. The first-order chi connectivity index (χ1) is 9.82. The van der Waals surface area contributed by atoms with Crippen LogP contribution in [0.4, 0.5) is 10.1 Å². The Labute approximate surface area is 126 Å². The second-order valence-corrected chi connectivity index (χ2v) is 6.43. The molecular formula is C17H23FN2O. The van der Waals surface area contributed by atoms with Gasteiger partial charge in [0.25, 0.3) is 0 Å². The fourth-order valence-corrected chi connectivity index (χ4v) is 2.52. The van der Waals surface area contributed by atoms with E-state index in [9.17, 15) is 9.18 Å². The second-order valence-electron chi connectivity index (χ2n) is 6.43. The third-order valence-corrected chi connectivity index (χ3v) is 3.92. The zero-order valence-corrected chi connectivity index (χ0v) is 13.0. The van der Waals surface area contributed by atoms with E-state index in [2.05, 4.69) is 27.4 Å². The van der Waals surface area contributed by atoms with Crippen LogP contribution in [0.3, 0.4) is 0 Å². The highest BCUT2D eigenvalue weighted by molar-refractivity contribution is 5.87. The molecule has 21 heavy (non-hydrogen) atoms. The number of carbonyl (C=O) groups is 1. The summed E-state index contributed by atoms with van der Waals surface area (Å²) in [5, 5.41) is 0. The van der Waals surface area contributed by atoms with Crippen LogP contribution in [-0.2, 0) is 10.2 Å². The topological polar surface area (TPSA) is 23.6 Å². The van der Waals surface area contributed by atoms with Gasteiger partial charge in [-0.25, -0.2) is 4.39 Å². The number of benzene rings is 1. The average molecular weight is 290 g/mol.